The molecule has 2 heterocycles. The van der Waals surface area contributed by atoms with Crippen molar-refractivity contribution in [2.24, 2.45) is 0 Å². The Hall–Kier alpha value is -0.320. The zero-order valence-electron chi connectivity index (χ0n) is 12.3. The minimum atomic E-state index is 0.264. The molecule has 106 valence electrons. The van der Waals surface area contributed by atoms with Crippen molar-refractivity contribution in [1.29, 1.82) is 0 Å². The molecule has 1 aromatic heterocycles. The lowest BCUT2D eigenvalue weighted by atomic mass is 10.1. The third kappa shape index (κ3) is 3.06. The van der Waals surface area contributed by atoms with E-state index < -0.39 is 0 Å². The van der Waals surface area contributed by atoms with Gasteiger partial charge in [0.05, 0.1) is 22.3 Å². The molecule has 1 atom stereocenters. The van der Waals surface area contributed by atoms with Gasteiger partial charge in [-0.15, -0.1) is 11.8 Å². The van der Waals surface area contributed by atoms with E-state index in [4.69, 9.17) is 11.6 Å². The Kier molecular flexibility index (Phi) is 4.75. The lowest BCUT2D eigenvalue weighted by molar-refractivity contribution is 0.118. The Bertz CT molecular complexity index is 454. The number of fused-ring (bicyclic) bond motifs is 1. The molecule has 1 aliphatic heterocycles. The van der Waals surface area contributed by atoms with E-state index in [-0.39, 0.29) is 6.04 Å². The van der Waals surface area contributed by atoms with E-state index in [1.165, 1.54) is 4.90 Å². The molecule has 1 unspecified atom stereocenters. The fourth-order valence-corrected chi connectivity index (χ4v) is 4.35. The van der Waals surface area contributed by atoms with Gasteiger partial charge in [-0.2, -0.15) is 0 Å². The molecule has 0 aliphatic carbocycles. The van der Waals surface area contributed by atoms with Crippen LogP contribution in [0.4, 0.5) is 0 Å². The summed E-state index contributed by atoms with van der Waals surface area (Å²) in [6, 6.07) is 1.22. The normalized spacial score (nSPS) is 16.5. The molecule has 3 nitrogen and oxygen atoms in total. The number of halogens is 1. The lowest BCUT2D eigenvalue weighted by Gasteiger charge is -2.36. The minimum absolute atomic E-state index is 0.264. The molecule has 0 bridgehead atoms. The fraction of sp³-hybridized carbons (Fsp3) is 0.714. The van der Waals surface area contributed by atoms with Crippen LogP contribution < -0.4 is 0 Å². The van der Waals surface area contributed by atoms with Crippen molar-refractivity contribution in [1.82, 2.24) is 14.9 Å². The molecule has 19 heavy (non-hydrogen) atoms. The topological polar surface area (TPSA) is 29.0 Å². The third-order valence-electron chi connectivity index (χ3n) is 3.56. The van der Waals surface area contributed by atoms with Gasteiger partial charge in [0.1, 0.15) is 0 Å². The summed E-state index contributed by atoms with van der Waals surface area (Å²) in [5, 5.41) is 0.385. The standard InChI is InChI=1S/C14H22ClN3S/c1-8(2)18(9(3)4)10(5)12-13-11(6-7-19-13)16-14(15)17-12/h8-10H,6-7H2,1-5H3. The van der Waals surface area contributed by atoms with Gasteiger partial charge in [-0.1, -0.05) is 0 Å². The number of hydrogen-bond acceptors (Lipinski definition) is 4. The first-order valence-corrected chi connectivity index (χ1v) is 8.24. The average molecular weight is 300 g/mol. The maximum absolute atomic E-state index is 6.09. The van der Waals surface area contributed by atoms with Crippen LogP contribution in [0, 0.1) is 0 Å². The van der Waals surface area contributed by atoms with Gasteiger partial charge in [-0.3, -0.25) is 4.90 Å². The molecule has 0 amide bonds. The summed E-state index contributed by atoms with van der Waals surface area (Å²) in [5.74, 6) is 1.09. The Labute approximate surface area is 125 Å². The van der Waals surface area contributed by atoms with Crippen molar-refractivity contribution in [3.05, 3.63) is 16.7 Å². The summed E-state index contributed by atoms with van der Waals surface area (Å²) < 4.78 is 0. The van der Waals surface area contributed by atoms with Gasteiger partial charge in [0.15, 0.2) is 0 Å². The number of aryl methyl sites for hydroxylation is 1. The second-order valence-corrected chi connectivity index (χ2v) is 7.01. The Morgan fingerprint density at radius 3 is 2.32 bits per heavy atom. The van der Waals surface area contributed by atoms with Gasteiger partial charge < -0.3 is 0 Å². The first-order valence-electron chi connectivity index (χ1n) is 6.88. The second kappa shape index (κ2) is 5.98. The second-order valence-electron chi connectivity index (χ2n) is 5.56. The molecule has 1 aliphatic rings. The number of nitrogens with zero attached hydrogens (tertiary/aromatic N) is 3. The van der Waals surface area contributed by atoms with Crippen LogP contribution in [0.5, 0.6) is 0 Å². The predicted octanol–water partition coefficient (Wildman–Crippen LogP) is 3.96. The van der Waals surface area contributed by atoms with Gasteiger partial charge in [0.2, 0.25) is 5.28 Å². The molecule has 0 aromatic carbocycles. The highest BCUT2D eigenvalue weighted by molar-refractivity contribution is 7.99. The monoisotopic (exact) mass is 299 g/mol. The zero-order chi connectivity index (χ0) is 14.2. The first-order chi connectivity index (χ1) is 8.91. The first kappa shape index (κ1) is 15.1. The van der Waals surface area contributed by atoms with Gasteiger partial charge in [0.25, 0.3) is 0 Å². The minimum Gasteiger partial charge on any atom is -0.290 e. The highest BCUT2D eigenvalue weighted by atomic mass is 35.5. The van der Waals surface area contributed by atoms with Gasteiger partial charge in [-0.05, 0) is 46.2 Å². The SMILES string of the molecule is CC(C)N(C(C)C)C(C)c1nc(Cl)nc2c1SCC2. The van der Waals surface area contributed by atoms with Crippen LogP contribution in [0.2, 0.25) is 5.28 Å². The smallest absolute Gasteiger partial charge is 0.222 e. The number of thioether (sulfide) groups is 1. The average Bonchev–Trinajstić information content (AvgIpc) is 2.74. The van der Waals surface area contributed by atoms with Crippen molar-refractivity contribution >= 4 is 23.4 Å². The molecule has 0 N–H and O–H groups in total. The molecule has 0 radical (unpaired) electrons. The van der Waals surface area contributed by atoms with Crippen LogP contribution in [0.1, 0.15) is 52.0 Å². The van der Waals surface area contributed by atoms with Crippen molar-refractivity contribution < 1.29 is 0 Å². The summed E-state index contributed by atoms with van der Waals surface area (Å²) >= 11 is 7.95. The van der Waals surface area contributed by atoms with Crippen molar-refractivity contribution in [3.63, 3.8) is 0 Å². The summed E-state index contributed by atoms with van der Waals surface area (Å²) in [6.45, 7) is 11.1. The van der Waals surface area contributed by atoms with Crippen LogP contribution in [-0.2, 0) is 6.42 Å². The summed E-state index contributed by atoms with van der Waals surface area (Å²) in [6.07, 6.45) is 1.01. The highest BCUT2D eigenvalue weighted by Crippen LogP contribution is 2.38. The van der Waals surface area contributed by atoms with Gasteiger partial charge >= 0.3 is 0 Å². The molecule has 2 rings (SSSR count). The van der Waals surface area contributed by atoms with Crippen LogP contribution in [0.15, 0.2) is 4.90 Å². The predicted molar refractivity (Wildman–Crippen MR) is 82.0 cm³/mol. The van der Waals surface area contributed by atoms with E-state index in [1.807, 2.05) is 11.8 Å². The lowest BCUT2D eigenvalue weighted by Crippen LogP contribution is -2.39. The molecule has 5 heteroatoms. The van der Waals surface area contributed by atoms with E-state index >= 15 is 0 Å². The maximum Gasteiger partial charge on any atom is 0.222 e. The summed E-state index contributed by atoms with van der Waals surface area (Å²) in [5.41, 5.74) is 2.22. The quantitative estimate of drug-likeness (QED) is 0.787. The third-order valence-corrected chi connectivity index (χ3v) is 4.87. The van der Waals surface area contributed by atoms with Crippen LogP contribution in [-0.4, -0.2) is 32.7 Å². The van der Waals surface area contributed by atoms with Crippen LogP contribution >= 0.6 is 23.4 Å². The Balaban J connectivity index is 2.41. The van der Waals surface area contributed by atoms with E-state index in [0.29, 0.717) is 17.4 Å². The number of rotatable bonds is 4. The van der Waals surface area contributed by atoms with Crippen LogP contribution in [0.3, 0.4) is 0 Å². The Morgan fingerprint density at radius 1 is 1.11 bits per heavy atom. The zero-order valence-corrected chi connectivity index (χ0v) is 13.8. The van der Waals surface area contributed by atoms with Crippen molar-refractivity contribution in [2.45, 2.75) is 64.1 Å². The van der Waals surface area contributed by atoms with E-state index in [9.17, 15) is 0 Å². The van der Waals surface area contributed by atoms with Gasteiger partial charge in [0, 0.05) is 24.3 Å². The maximum atomic E-state index is 6.09. The molecular formula is C14H22ClN3S. The molecule has 0 saturated carbocycles. The molecule has 0 spiro atoms. The number of aromatic nitrogens is 2. The Morgan fingerprint density at radius 2 is 1.74 bits per heavy atom. The summed E-state index contributed by atoms with van der Waals surface area (Å²) in [7, 11) is 0. The number of hydrogen-bond donors (Lipinski definition) is 0. The molecule has 1 aromatic rings. The largest absolute Gasteiger partial charge is 0.290 e. The van der Waals surface area contributed by atoms with Crippen molar-refractivity contribution in [3.8, 4) is 0 Å². The van der Waals surface area contributed by atoms with Gasteiger partial charge in [-0.25, -0.2) is 9.97 Å². The molecule has 0 saturated heterocycles. The molecule has 0 fully saturated rings. The van der Waals surface area contributed by atoms with Crippen LogP contribution in [0.25, 0.3) is 0 Å². The van der Waals surface area contributed by atoms with E-state index in [2.05, 4.69) is 49.5 Å². The highest BCUT2D eigenvalue weighted by Gasteiger charge is 2.28. The molecular weight excluding hydrogens is 278 g/mol. The van der Waals surface area contributed by atoms with E-state index in [1.54, 1.807) is 0 Å². The summed E-state index contributed by atoms with van der Waals surface area (Å²) in [4.78, 5) is 12.6. The van der Waals surface area contributed by atoms with E-state index in [0.717, 1.165) is 23.6 Å². The van der Waals surface area contributed by atoms with Crippen molar-refractivity contribution in [2.75, 3.05) is 5.75 Å². The fourth-order valence-electron chi connectivity index (χ4n) is 2.98.